The third kappa shape index (κ3) is 4.89. The van der Waals surface area contributed by atoms with Gasteiger partial charge in [0.2, 0.25) is 15.5 Å². The van der Waals surface area contributed by atoms with E-state index >= 15 is 0 Å². The number of anilines is 1. The number of aromatic nitrogens is 2. The van der Waals surface area contributed by atoms with E-state index in [1.165, 1.54) is 45.5 Å². The number of aryl methyl sites for hydroxylation is 1. The summed E-state index contributed by atoms with van der Waals surface area (Å²) in [5, 5.41) is 6.83. The summed E-state index contributed by atoms with van der Waals surface area (Å²) in [6, 6.07) is 14.7. The van der Waals surface area contributed by atoms with Gasteiger partial charge < -0.3 is 5.32 Å². The van der Waals surface area contributed by atoms with Crippen LogP contribution in [0.4, 0.5) is 5.69 Å². The smallest absolute Gasteiger partial charge is 0.280 e. The van der Waals surface area contributed by atoms with Crippen LogP contribution in [0.25, 0.3) is 5.69 Å². The van der Waals surface area contributed by atoms with E-state index in [-0.39, 0.29) is 16.6 Å². The molecule has 1 aliphatic rings. The number of carbonyl (C=O) groups excluding carboxylic acids is 1. The van der Waals surface area contributed by atoms with E-state index in [2.05, 4.69) is 10.4 Å². The third-order valence-electron chi connectivity index (χ3n) is 5.75. The largest absolute Gasteiger partial charge is 0.320 e. The van der Waals surface area contributed by atoms with Crippen LogP contribution < -0.4 is 10.7 Å². The summed E-state index contributed by atoms with van der Waals surface area (Å²) in [6.07, 6.45) is 4.23. The van der Waals surface area contributed by atoms with Crippen LogP contribution in [-0.2, 0) is 10.0 Å². The first-order valence-electron chi connectivity index (χ1n) is 10.9. The molecule has 3 aromatic rings. The lowest BCUT2D eigenvalue weighted by Gasteiger charge is -2.32. The van der Waals surface area contributed by atoms with Crippen molar-refractivity contribution in [2.45, 2.75) is 44.0 Å². The molecule has 0 bridgehead atoms. The number of rotatable bonds is 5. The zero-order valence-electron chi connectivity index (χ0n) is 18.6. The molecule has 1 fully saturated rings. The number of sulfonamides is 1. The molecule has 8 nitrogen and oxygen atoms in total. The molecule has 0 aliphatic carbocycles. The van der Waals surface area contributed by atoms with E-state index in [1.54, 1.807) is 0 Å². The van der Waals surface area contributed by atoms with Gasteiger partial charge in [0.1, 0.15) is 0 Å². The summed E-state index contributed by atoms with van der Waals surface area (Å²) in [7, 11) is -3.60. The topological polar surface area (TPSA) is 101 Å². The Hall–Kier alpha value is -3.30. The number of nitrogens with zero attached hydrogens (tertiary/aromatic N) is 3. The van der Waals surface area contributed by atoms with E-state index < -0.39 is 21.4 Å². The molecule has 0 spiro atoms. The highest BCUT2D eigenvalue weighted by Crippen LogP contribution is 2.26. The molecule has 9 heteroatoms. The fourth-order valence-electron chi connectivity index (χ4n) is 3.94. The Kier molecular flexibility index (Phi) is 6.44. The molecule has 1 aliphatic heterocycles. The van der Waals surface area contributed by atoms with Crippen molar-refractivity contribution in [1.82, 2.24) is 14.1 Å². The molecule has 1 saturated heterocycles. The average Bonchev–Trinajstić information content (AvgIpc) is 2.80. The van der Waals surface area contributed by atoms with Gasteiger partial charge in [-0.1, -0.05) is 18.6 Å². The number of piperidine rings is 1. The van der Waals surface area contributed by atoms with Crippen LogP contribution in [0.3, 0.4) is 0 Å². The Bertz CT molecular complexity index is 1330. The number of hydrogen-bond acceptors (Lipinski definition) is 5. The SMILES string of the molecule is Cc1cccc(-n2ccc(=O)c(C(=O)Nc3ccc(S(=O)(=O)N4CCCCC4C)cc3)n2)c1. The van der Waals surface area contributed by atoms with Gasteiger partial charge in [-0.25, -0.2) is 13.1 Å². The van der Waals surface area contributed by atoms with Gasteiger partial charge in [-0.05, 0) is 68.7 Å². The predicted molar refractivity (Wildman–Crippen MR) is 126 cm³/mol. The van der Waals surface area contributed by atoms with Gasteiger partial charge in [-0.2, -0.15) is 9.40 Å². The van der Waals surface area contributed by atoms with Gasteiger partial charge in [0.05, 0.1) is 10.6 Å². The molecule has 1 N–H and O–H groups in total. The standard InChI is InChI=1S/C24H26N4O4S/c1-17-6-5-8-20(16-17)27-15-13-22(29)23(26-27)24(30)25-19-9-11-21(12-10-19)33(31,32)28-14-4-3-7-18(28)2/h5-6,8-13,15-16,18H,3-4,7,14H2,1-2H3,(H,25,30). The van der Waals surface area contributed by atoms with Gasteiger partial charge in [-0.3, -0.25) is 9.59 Å². The highest BCUT2D eigenvalue weighted by molar-refractivity contribution is 7.89. The molecule has 1 atom stereocenters. The van der Waals surface area contributed by atoms with Crippen molar-refractivity contribution in [3.63, 3.8) is 0 Å². The summed E-state index contributed by atoms with van der Waals surface area (Å²) >= 11 is 0. The van der Waals surface area contributed by atoms with Crippen molar-refractivity contribution < 1.29 is 13.2 Å². The molecule has 2 aromatic carbocycles. The maximum absolute atomic E-state index is 13.0. The lowest BCUT2D eigenvalue weighted by molar-refractivity contribution is 0.101. The van der Waals surface area contributed by atoms with Crippen LogP contribution in [0, 0.1) is 6.92 Å². The van der Waals surface area contributed by atoms with E-state index in [9.17, 15) is 18.0 Å². The van der Waals surface area contributed by atoms with E-state index in [0.29, 0.717) is 12.2 Å². The summed E-state index contributed by atoms with van der Waals surface area (Å²) in [4.78, 5) is 25.2. The zero-order valence-corrected chi connectivity index (χ0v) is 19.4. The van der Waals surface area contributed by atoms with Gasteiger partial charge in [0, 0.05) is 30.5 Å². The maximum atomic E-state index is 13.0. The molecular weight excluding hydrogens is 440 g/mol. The molecule has 0 radical (unpaired) electrons. The van der Waals surface area contributed by atoms with Crippen LogP contribution in [0.5, 0.6) is 0 Å². The Labute approximate surface area is 192 Å². The average molecular weight is 467 g/mol. The number of benzene rings is 2. The highest BCUT2D eigenvalue weighted by Gasteiger charge is 2.30. The summed E-state index contributed by atoms with van der Waals surface area (Å²) in [5.41, 5.74) is 1.36. The van der Waals surface area contributed by atoms with Crippen LogP contribution in [0.2, 0.25) is 0 Å². The molecule has 1 amide bonds. The van der Waals surface area contributed by atoms with Gasteiger partial charge in [-0.15, -0.1) is 0 Å². The molecule has 1 aromatic heterocycles. The van der Waals surface area contributed by atoms with E-state index in [1.807, 2.05) is 38.1 Å². The van der Waals surface area contributed by atoms with Crippen LogP contribution in [0.1, 0.15) is 42.2 Å². The van der Waals surface area contributed by atoms with Crippen molar-refractivity contribution in [3.05, 3.63) is 82.3 Å². The van der Waals surface area contributed by atoms with E-state index in [4.69, 9.17) is 0 Å². The van der Waals surface area contributed by atoms with Crippen molar-refractivity contribution in [2.24, 2.45) is 0 Å². The third-order valence-corrected chi connectivity index (χ3v) is 7.78. The lowest BCUT2D eigenvalue weighted by atomic mass is 10.1. The first kappa shape index (κ1) is 22.9. The molecule has 0 saturated carbocycles. The Balaban J connectivity index is 1.54. The minimum Gasteiger partial charge on any atom is -0.320 e. The number of hydrogen-bond donors (Lipinski definition) is 1. The minimum atomic E-state index is -3.60. The van der Waals surface area contributed by atoms with Gasteiger partial charge >= 0.3 is 0 Å². The Morgan fingerprint density at radius 1 is 1.09 bits per heavy atom. The lowest BCUT2D eigenvalue weighted by Crippen LogP contribution is -2.41. The summed E-state index contributed by atoms with van der Waals surface area (Å²) < 4.78 is 29.0. The first-order valence-corrected chi connectivity index (χ1v) is 12.3. The monoisotopic (exact) mass is 466 g/mol. The minimum absolute atomic E-state index is 0.0390. The fraction of sp³-hybridized carbons (Fsp3) is 0.292. The normalized spacial score (nSPS) is 17.0. The molecule has 4 rings (SSSR count). The zero-order chi connectivity index (χ0) is 23.6. The molecule has 172 valence electrons. The van der Waals surface area contributed by atoms with Crippen molar-refractivity contribution >= 4 is 21.6 Å². The van der Waals surface area contributed by atoms with E-state index in [0.717, 1.165) is 30.5 Å². The summed E-state index contributed by atoms with van der Waals surface area (Å²) in [6.45, 7) is 4.37. The number of carbonyl (C=O) groups is 1. The molecular formula is C24H26N4O4S. The predicted octanol–water partition coefficient (Wildman–Crippen LogP) is 3.36. The molecule has 33 heavy (non-hydrogen) atoms. The fourth-order valence-corrected chi connectivity index (χ4v) is 5.64. The summed E-state index contributed by atoms with van der Waals surface area (Å²) in [5.74, 6) is -0.665. The first-order chi connectivity index (χ1) is 15.8. The van der Waals surface area contributed by atoms with Crippen LogP contribution >= 0.6 is 0 Å². The number of nitrogens with one attached hydrogen (secondary N) is 1. The van der Waals surface area contributed by atoms with Crippen molar-refractivity contribution in [2.75, 3.05) is 11.9 Å². The highest BCUT2D eigenvalue weighted by atomic mass is 32.2. The maximum Gasteiger partial charge on any atom is 0.280 e. The molecule has 2 heterocycles. The Morgan fingerprint density at radius 2 is 1.85 bits per heavy atom. The number of amides is 1. The van der Waals surface area contributed by atoms with Crippen molar-refractivity contribution in [1.29, 1.82) is 0 Å². The Morgan fingerprint density at radius 3 is 2.55 bits per heavy atom. The van der Waals surface area contributed by atoms with Crippen LogP contribution in [-0.4, -0.2) is 41.0 Å². The second-order valence-electron chi connectivity index (χ2n) is 8.25. The van der Waals surface area contributed by atoms with Crippen molar-refractivity contribution in [3.8, 4) is 5.69 Å². The van der Waals surface area contributed by atoms with Gasteiger partial charge in [0.15, 0.2) is 5.69 Å². The second kappa shape index (κ2) is 9.29. The molecule has 1 unspecified atom stereocenters. The van der Waals surface area contributed by atoms with Crippen LogP contribution in [0.15, 0.2) is 70.5 Å². The second-order valence-corrected chi connectivity index (χ2v) is 10.1. The quantitative estimate of drug-likeness (QED) is 0.621. The van der Waals surface area contributed by atoms with Gasteiger partial charge in [0.25, 0.3) is 5.91 Å².